The lowest BCUT2D eigenvalue weighted by atomic mass is 10.1. The molecule has 0 aliphatic rings. The van der Waals surface area contributed by atoms with Crippen molar-refractivity contribution in [2.75, 3.05) is 11.8 Å². The fraction of sp³-hybridized carbons (Fsp3) is 0.308. The molecular weight excluding hydrogens is 294 g/mol. The molecule has 108 valence electrons. The van der Waals surface area contributed by atoms with Gasteiger partial charge in [-0.05, 0) is 38.6 Å². The molecule has 1 aromatic carbocycles. The van der Waals surface area contributed by atoms with Gasteiger partial charge in [0.05, 0.1) is 4.90 Å². The monoisotopic (exact) mass is 311 g/mol. The molecule has 5 nitrogen and oxygen atoms in total. The van der Waals surface area contributed by atoms with Crippen LogP contribution >= 0.6 is 11.3 Å². The second kappa shape index (κ2) is 5.90. The Morgan fingerprint density at radius 3 is 2.70 bits per heavy atom. The molecule has 20 heavy (non-hydrogen) atoms. The number of aromatic nitrogens is 1. The molecule has 0 radical (unpaired) electrons. The predicted octanol–water partition coefficient (Wildman–Crippen LogP) is 2.53. The van der Waals surface area contributed by atoms with Crippen LogP contribution < -0.4 is 10.0 Å². The number of benzene rings is 1. The Kier molecular flexibility index (Phi) is 4.42. The highest BCUT2D eigenvalue weighted by molar-refractivity contribution is 7.93. The summed E-state index contributed by atoms with van der Waals surface area (Å²) in [4.78, 5) is 5.22. The zero-order valence-electron chi connectivity index (χ0n) is 11.5. The van der Waals surface area contributed by atoms with Gasteiger partial charge in [-0.3, -0.25) is 4.72 Å². The van der Waals surface area contributed by atoms with E-state index in [0.717, 1.165) is 10.4 Å². The number of nitrogens with one attached hydrogen (secondary N) is 2. The number of rotatable bonds is 5. The Bertz CT molecular complexity index is 695. The number of hydrogen-bond acceptors (Lipinski definition) is 5. The fourth-order valence-corrected chi connectivity index (χ4v) is 3.65. The van der Waals surface area contributed by atoms with Gasteiger partial charge >= 0.3 is 0 Å². The van der Waals surface area contributed by atoms with Gasteiger partial charge in [0.2, 0.25) is 0 Å². The van der Waals surface area contributed by atoms with Crippen LogP contribution in [0.4, 0.5) is 5.13 Å². The largest absolute Gasteiger partial charge is 0.313 e. The summed E-state index contributed by atoms with van der Waals surface area (Å²) in [5.74, 6) is 0. The number of thiazole rings is 1. The van der Waals surface area contributed by atoms with Crippen molar-refractivity contribution in [3.8, 4) is 0 Å². The number of anilines is 1. The summed E-state index contributed by atoms with van der Waals surface area (Å²) < 4.78 is 27.1. The van der Waals surface area contributed by atoms with Gasteiger partial charge in [-0.1, -0.05) is 12.1 Å². The molecule has 0 spiro atoms. The van der Waals surface area contributed by atoms with Crippen LogP contribution in [0.3, 0.4) is 0 Å². The van der Waals surface area contributed by atoms with Gasteiger partial charge in [-0.2, -0.15) is 0 Å². The molecule has 0 saturated heterocycles. The smallest absolute Gasteiger partial charge is 0.263 e. The lowest BCUT2D eigenvalue weighted by molar-refractivity contribution is 0.600. The Labute approximate surface area is 123 Å². The maximum absolute atomic E-state index is 12.3. The minimum Gasteiger partial charge on any atom is -0.313 e. The van der Waals surface area contributed by atoms with Crippen molar-refractivity contribution in [3.63, 3.8) is 0 Å². The van der Waals surface area contributed by atoms with E-state index in [-0.39, 0.29) is 10.9 Å². The quantitative estimate of drug-likeness (QED) is 0.890. The normalized spacial score (nSPS) is 13.2. The summed E-state index contributed by atoms with van der Waals surface area (Å²) in [5, 5.41) is 3.47. The van der Waals surface area contributed by atoms with Gasteiger partial charge < -0.3 is 5.32 Å². The van der Waals surface area contributed by atoms with Gasteiger partial charge in [0, 0.05) is 17.1 Å². The molecule has 0 bridgehead atoms. The molecule has 1 aromatic heterocycles. The lowest BCUT2D eigenvalue weighted by Crippen LogP contribution is -2.15. The van der Waals surface area contributed by atoms with Gasteiger partial charge in [0.25, 0.3) is 10.0 Å². The number of hydrogen-bond donors (Lipinski definition) is 2. The topological polar surface area (TPSA) is 71.1 Å². The molecular formula is C13H17N3O2S2. The molecule has 1 heterocycles. The Hall–Kier alpha value is -1.44. The molecule has 2 N–H and O–H groups in total. The van der Waals surface area contributed by atoms with Crippen molar-refractivity contribution in [1.82, 2.24) is 10.3 Å². The van der Waals surface area contributed by atoms with Crippen LogP contribution in [0.1, 0.15) is 23.4 Å². The molecule has 0 fully saturated rings. The molecule has 0 aliphatic carbocycles. The molecule has 1 unspecified atom stereocenters. The van der Waals surface area contributed by atoms with Crippen LogP contribution in [0.5, 0.6) is 0 Å². The molecule has 2 rings (SSSR count). The van der Waals surface area contributed by atoms with Crippen LogP contribution in [-0.2, 0) is 10.0 Å². The molecule has 0 saturated carbocycles. The SMILES string of the molecule is CNC(C)c1cccc(S(=O)(=O)Nc2ncc(C)s2)c1. The van der Waals surface area contributed by atoms with Crippen molar-refractivity contribution < 1.29 is 8.42 Å². The average Bonchev–Trinajstić information content (AvgIpc) is 2.82. The Morgan fingerprint density at radius 2 is 2.10 bits per heavy atom. The summed E-state index contributed by atoms with van der Waals surface area (Å²) in [6.45, 7) is 3.86. The number of nitrogens with zero attached hydrogens (tertiary/aromatic N) is 1. The van der Waals surface area contributed by atoms with E-state index in [1.165, 1.54) is 11.3 Å². The Morgan fingerprint density at radius 1 is 1.35 bits per heavy atom. The first kappa shape index (κ1) is 15.0. The van der Waals surface area contributed by atoms with E-state index in [1.54, 1.807) is 24.4 Å². The van der Waals surface area contributed by atoms with Gasteiger partial charge in [-0.25, -0.2) is 13.4 Å². The maximum Gasteiger partial charge on any atom is 0.263 e. The first-order chi connectivity index (χ1) is 9.42. The third-order valence-corrected chi connectivity index (χ3v) is 5.24. The van der Waals surface area contributed by atoms with Crippen molar-refractivity contribution in [2.45, 2.75) is 24.8 Å². The second-order valence-electron chi connectivity index (χ2n) is 4.46. The van der Waals surface area contributed by atoms with Crippen LogP contribution in [0, 0.1) is 6.92 Å². The molecule has 0 aliphatic heterocycles. The van der Waals surface area contributed by atoms with Crippen LogP contribution in [0.25, 0.3) is 0 Å². The van der Waals surface area contributed by atoms with E-state index in [4.69, 9.17) is 0 Å². The number of sulfonamides is 1. The summed E-state index contributed by atoms with van der Waals surface area (Å²) >= 11 is 1.31. The van der Waals surface area contributed by atoms with Crippen LogP contribution in [-0.4, -0.2) is 20.4 Å². The molecule has 2 aromatic rings. The third-order valence-electron chi connectivity index (χ3n) is 2.94. The zero-order chi connectivity index (χ0) is 14.8. The highest BCUT2D eigenvalue weighted by Gasteiger charge is 2.17. The van der Waals surface area contributed by atoms with Crippen molar-refractivity contribution in [1.29, 1.82) is 0 Å². The predicted molar refractivity (Wildman–Crippen MR) is 81.6 cm³/mol. The van der Waals surface area contributed by atoms with Crippen molar-refractivity contribution in [3.05, 3.63) is 40.9 Å². The summed E-state index contributed by atoms with van der Waals surface area (Å²) in [6, 6.07) is 6.98. The first-order valence-electron chi connectivity index (χ1n) is 6.15. The Balaban J connectivity index is 2.29. The van der Waals surface area contributed by atoms with Gasteiger partial charge in [0.1, 0.15) is 0 Å². The summed E-state index contributed by atoms with van der Waals surface area (Å²) in [5.41, 5.74) is 0.922. The second-order valence-corrected chi connectivity index (χ2v) is 7.38. The summed E-state index contributed by atoms with van der Waals surface area (Å²) in [7, 11) is -1.76. The van der Waals surface area contributed by atoms with E-state index < -0.39 is 10.0 Å². The minimum atomic E-state index is -3.59. The fourth-order valence-electron chi connectivity index (χ4n) is 1.69. The highest BCUT2D eigenvalue weighted by atomic mass is 32.2. The zero-order valence-corrected chi connectivity index (χ0v) is 13.2. The maximum atomic E-state index is 12.3. The minimum absolute atomic E-state index is 0.0901. The summed E-state index contributed by atoms with van der Waals surface area (Å²) in [6.07, 6.45) is 1.64. The van der Waals surface area contributed by atoms with Crippen molar-refractivity contribution in [2.24, 2.45) is 0 Å². The van der Waals surface area contributed by atoms with Gasteiger partial charge in [0.15, 0.2) is 5.13 Å². The molecule has 0 amide bonds. The van der Waals surface area contributed by atoms with E-state index in [0.29, 0.717) is 5.13 Å². The number of aryl methyl sites for hydroxylation is 1. The van der Waals surface area contributed by atoms with E-state index in [2.05, 4.69) is 15.0 Å². The van der Waals surface area contributed by atoms with Gasteiger partial charge in [-0.15, -0.1) is 11.3 Å². The van der Waals surface area contributed by atoms with Crippen LogP contribution in [0.2, 0.25) is 0 Å². The molecule has 1 atom stereocenters. The van der Waals surface area contributed by atoms with E-state index >= 15 is 0 Å². The van der Waals surface area contributed by atoms with Crippen molar-refractivity contribution >= 4 is 26.5 Å². The average molecular weight is 311 g/mol. The lowest BCUT2D eigenvalue weighted by Gasteiger charge is -2.12. The third kappa shape index (κ3) is 3.36. The van der Waals surface area contributed by atoms with E-state index in [9.17, 15) is 8.42 Å². The molecule has 7 heteroatoms. The van der Waals surface area contributed by atoms with E-state index in [1.807, 2.05) is 27.0 Å². The first-order valence-corrected chi connectivity index (χ1v) is 8.45. The van der Waals surface area contributed by atoms with Crippen LogP contribution in [0.15, 0.2) is 35.4 Å². The highest BCUT2D eigenvalue weighted by Crippen LogP contribution is 2.22. The standard InChI is InChI=1S/C13H17N3O2S2/c1-9-8-15-13(19-9)16-20(17,18)12-6-4-5-11(7-12)10(2)14-3/h4-8,10,14H,1-3H3,(H,15,16).